The molecule has 0 heterocycles. The fourth-order valence-electron chi connectivity index (χ4n) is 6.95. The van der Waals surface area contributed by atoms with Crippen LogP contribution < -0.4 is 0 Å². The Bertz CT molecular complexity index is 798. The van der Waals surface area contributed by atoms with Crippen LogP contribution in [0, 0.1) is 17.8 Å². The van der Waals surface area contributed by atoms with E-state index in [0.717, 1.165) is 23.7 Å². The number of unbranched alkanes of at least 4 members (excludes halogenated alkanes) is 4. The van der Waals surface area contributed by atoms with Gasteiger partial charge in [-0.3, -0.25) is 0 Å². The van der Waals surface area contributed by atoms with Crippen molar-refractivity contribution in [3.05, 3.63) is 59.7 Å². The summed E-state index contributed by atoms with van der Waals surface area (Å²) in [6, 6.07) is 18.9. The molecule has 0 bridgehead atoms. The highest BCUT2D eigenvalue weighted by molar-refractivity contribution is 5.64. The second-order valence-corrected chi connectivity index (χ2v) is 11.7. The standard InChI is InChI=1S/C34H50/c1-3-5-7-9-27-11-15-29(16-12-27)31-19-23-33(24-20-31)34-25-21-32(22-26-34)30-17-13-28(14-18-30)10-8-6-4-2/h11-12,15-16,19-20,23-24,28,30,32,34H,3-10,13-14,17-18,21-22,25-26H2,1-2H3/t28-,30-,32?,34?. The third kappa shape index (κ3) is 7.22. The summed E-state index contributed by atoms with van der Waals surface area (Å²) in [4.78, 5) is 0. The minimum atomic E-state index is 0.789. The fourth-order valence-corrected chi connectivity index (χ4v) is 6.95. The van der Waals surface area contributed by atoms with Gasteiger partial charge in [0.2, 0.25) is 0 Å². The van der Waals surface area contributed by atoms with Crippen molar-refractivity contribution in [3.8, 4) is 11.1 Å². The Balaban J connectivity index is 1.22. The first-order chi connectivity index (χ1) is 16.8. The van der Waals surface area contributed by atoms with Gasteiger partial charge in [0.25, 0.3) is 0 Å². The molecule has 2 aliphatic carbocycles. The van der Waals surface area contributed by atoms with Crippen LogP contribution in [0.15, 0.2) is 48.5 Å². The molecule has 0 spiro atoms. The molecule has 0 radical (unpaired) electrons. The maximum Gasteiger partial charge on any atom is -0.0162 e. The van der Waals surface area contributed by atoms with E-state index in [2.05, 4.69) is 62.4 Å². The average molecular weight is 459 g/mol. The Morgan fingerprint density at radius 1 is 0.559 bits per heavy atom. The van der Waals surface area contributed by atoms with Crippen LogP contribution in [0.2, 0.25) is 0 Å². The van der Waals surface area contributed by atoms with Gasteiger partial charge in [0.05, 0.1) is 0 Å². The first-order valence-electron chi connectivity index (χ1n) is 15.0. The summed E-state index contributed by atoms with van der Waals surface area (Å²) < 4.78 is 0. The molecule has 2 saturated carbocycles. The van der Waals surface area contributed by atoms with Crippen LogP contribution in [0.3, 0.4) is 0 Å². The molecule has 2 aromatic carbocycles. The lowest BCUT2D eigenvalue weighted by Crippen LogP contribution is -2.25. The number of hydrogen-bond acceptors (Lipinski definition) is 0. The Kier molecular flexibility index (Phi) is 10.1. The Morgan fingerprint density at radius 3 is 1.68 bits per heavy atom. The number of hydrogen-bond donors (Lipinski definition) is 0. The molecule has 0 aliphatic heterocycles. The molecule has 186 valence electrons. The maximum absolute atomic E-state index is 2.43. The Labute approximate surface area is 211 Å². The maximum atomic E-state index is 2.43. The molecule has 0 unspecified atom stereocenters. The van der Waals surface area contributed by atoms with E-state index in [4.69, 9.17) is 0 Å². The molecule has 0 atom stereocenters. The van der Waals surface area contributed by atoms with Crippen molar-refractivity contribution in [1.82, 2.24) is 0 Å². The quantitative estimate of drug-likeness (QED) is 0.294. The van der Waals surface area contributed by atoms with E-state index >= 15 is 0 Å². The molecular formula is C34H50. The average Bonchev–Trinajstić information content (AvgIpc) is 2.90. The summed E-state index contributed by atoms with van der Waals surface area (Å²) in [6.07, 6.45) is 22.8. The first kappa shape index (κ1) is 25.5. The largest absolute Gasteiger partial charge is 0.0654 e. The zero-order chi connectivity index (χ0) is 23.6. The van der Waals surface area contributed by atoms with Gasteiger partial charge in [-0.15, -0.1) is 0 Å². The normalized spacial score (nSPS) is 25.4. The summed E-state index contributed by atoms with van der Waals surface area (Å²) in [6.45, 7) is 4.61. The Hall–Kier alpha value is -1.56. The summed E-state index contributed by atoms with van der Waals surface area (Å²) in [7, 11) is 0. The number of rotatable bonds is 11. The molecule has 0 N–H and O–H groups in total. The zero-order valence-corrected chi connectivity index (χ0v) is 22.2. The van der Waals surface area contributed by atoms with Gasteiger partial charge in [0.1, 0.15) is 0 Å². The van der Waals surface area contributed by atoms with Crippen molar-refractivity contribution in [3.63, 3.8) is 0 Å². The van der Waals surface area contributed by atoms with E-state index in [1.807, 2.05) is 0 Å². The molecule has 2 fully saturated rings. The van der Waals surface area contributed by atoms with Crippen LogP contribution in [0.1, 0.15) is 127 Å². The minimum absolute atomic E-state index is 0.789. The van der Waals surface area contributed by atoms with E-state index in [1.54, 1.807) is 5.56 Å². The van der Waals surface area contributed by atoms with Gasteiger partial charge in [-0.05, 0) is 97.3 Å². The monoisotopic (exact) mass is 458 g/mol. The third-order valence-corrected chi connectivity index (χ3v) is 9.28. The lowest BCUT2D eigenvalue weighted by molar-refractivity contribution is 0.155. The molecular weight excluding hydrogens is 408 g/mol. The topological polar surface area (TPSA) is 0 Å². The second-order valence-electron chi connectivity index (χ2n) is 11.7. The van der Waals surface area contributed by atoms with E-state index in [-0.39, 0.29) is 0 Å². The highest BCUT2D eigenvalue weighted by Gasteiger charge is 2.31. The highest BCUT2D eigenvalue weighted by Crippen LogP contribution is 2.44. The van der Waals surface area contributed by atoms with E-state index < -0.39 is 0 Å². The molecule has 2 aromatic rings. The van der Waals surface area contributed by atoms with Crippen LogP contribution in [0.4, 0.5) is 0 Å². The lowest BCUT2D eigenvalue weighted by Gasteiger charge is -2.38. The van der Waals surface area contributed by atoms with Crippen LogP contribution in [-0.4, -0.2) is 0 Å². The van der Waals surface area contributed by atoms with E-state index in [1.165, 1.54) is 119 Å². The summed E-state index contributed by atoms with van der Waals surface area (Å²) in [5.74, 6) is 3.89. The SMILES string of the molecule is CCCCCc1ccc(-c2ccc(C3CCC([C@H]4CC[C@H](CCCCC)CC4)CC3)cc2)cc1. The van der Waals surface area contributed by atoms with Crippen molar-refractivity contribution in [1.29, 1.82) is 0 Å². The molecule has 34 heavy (non-hydrogen) atoms. The van der Waals surface area contributed by atoms with Crippen LogP contribution in [-0.2, 0) is 6.42 Å². The molecule has 4 rings (SSSR count). The predicted octanol–water partition coefficient (Wildman–Crippen LogP) is 10.7. The molecule has 0 aromatic heterocycles. The lowest BCUT2D eigenvalue weighted by atomic mass is 9.68. The van der Waals surface area contributed by atoms with Crippen LogP contribution in [0.5, 0.6) is 0 Å². The molecule has 0 saturated heterocycles. The second kappa shape index (κ2) is 13.5. The van der Waals surface area contributed by atoms with Gasteiger partial charge in [0.15, 0.2) is 0 Å². The molecule has 2 aliphatic rings. The predicted molar refractivity (Wildman–Crippen MR) is 149 cm³/mol. The highest BCUT2D eigenvalue weighted by atomic mass is 14.4. The molecule has 0 nitrogen and oxygen atoms in total. The van der Waals surface area contributed by atoms with Gasteiger partial charge >= 0.3 is 0 Å². The van der Waals surface area contributed by atoms with Gasteiger partial charge in [-0.25, -0.2) is 0 Å². The first-order valence-corrected chi connectivity index (χ1v) is 15.0. The summed E-state index contributed by atoms with van der Waals surface area (Å²) in [5.41, 5.74) is 5.79. The molecule has 0 heteroatoms. The van der Waals surface area contributed by atoms with Crippen LogP contribution >= 0.6 is 0 Å². The smallest absolute Gasteiger partial charge is 0.0162 e. The van der Waals surface area contributed by atoms with Crippen molar-refractivity contribution >= 4 is 0 Å². The Morgan fingerprint density at radius 2 is 1.09 bits per heavy atom. The van der Waals surface area contributed by atoms with Gasteiger partial charge in [0, 0.05) is 0 Å². The summed E-state index contributed by atoms with van der Waals surface area (Å²) in [5, 5.41) is 0. The number of aryl methyl sites for hydroxylation is 1. The fraction of sp³-hybridized carbons (Fsp3) is 0.647. The van der Waals surface area contributed by atoms with Crippen molar-refractivity contribution < 1.29 is 0 Å². The molecule has 0 amide bonds. The third-order valence-electron chi connectivity index (χ3n) is 9.28. The summed E-state index contributed by atoms with van der Waals surface area (Å²) >= 11 is 0. The zero-order valence-electron chi connectivity index (χ0n) is 22.2. The number of benzene rings is 2. The van der Waals surface area contributed by atoms with Crippen molar-refractivity contribution in [2.24, 2.45) is 17.8 Å². The van der Waals surface area contributed by atoms with Gasteiger partial charge in [-0.2, -0.15) is 0 Å². The van der Waals surface area contributed by atoms with E-state index in [9.17, 15) is 0 Å². The van der Waals surface area contributed by atoms with Gasteiger partial charge in [-0.1, -0.05) is 114 Å². The van der Waals surface area contributed by atoms with Crippen molar-refractivity contribution in [2.45, 2.75) is 122 Å². The van der Waals surface area contributed by atoms with Crippen molar-refractivity contribution in [2.75, 3.05) is 0 Å². The minimum Gasteiger partial charge on any atom is -0.0654 e. The van der Waals surface area contributed by atoms with E-state index in [0.29, 0.717) is 0 Å². The van der Waals surface area contributed by atoms with Gasteiger partial charge < -0.3 is 0 Å². The van der Waals surface area contributed by atoms with Crippen LogP contribution in [0.25, 0.3) is 11.1 Å².